The third kappa shape index (κ3) is 2.96. The van der Waals surface area contributed by atoms with Crippen molar-refractivity contribution in [3.63, 3.8) is 0 Å². The molecule has 0 fully saturated rings. The molecular weight excluding hydrogens is 252 g/mol. The van der Waals surface area contributed by atoms with Crippen LogP contribution < -0.4 is 0 Å². The van der Waals surface area contributed by atoms with Gasteiger partial charge in [-0.05, 0) is 36.4 Å². The number of hydrogen-bond acceptors (Lipinski definition) is 4. The maximum Gasteiger partial charge on any atom is 0.348 e. The number of hydrogen-bond donors (Lipinski definition) is 0. The second kappa shape index (κ2) is 5.47. The molecule has 0 aliphatic heterocycles. The largest absolute Gasteiger partial charge is 0.456 e. The third-order valence-electron chi connectivity index (χ3n) is 2.47. The SMILES string of the molecule is CCc1sc(C(=O)OCc2cccs2)cc1C. The van der Waals surface area contributed by atoms with Gasteiger partial charge in [0.25, 0.3) is 0 Å². The van der Waals surface area contributed by atoms with Crippen LogP contribution in [0.1, 0.15) is 31.9 Å². The summed E-state index contributed by atoms with van der Waals surface area (Å²) < 4.78 is 5.27. The van der Waals surface area contributed by atoms with Gasteiger partial charge in [0.05, 0.1) is 0 Å². The highest BCUT2D eigenvalue weighted by atomic mass is 32.1. The Kier molecular flexibility index (Phi) is 3.97. The van der Waals surface area contributed by atoms with Gasteiger partial charge in [-0.15, -0.1) is 22.7 Å². The van der Waals surface area contributed by atoms with E-state index in [-0.39, 0.29) is 5.97 Å². The maximum atomic E-state index is 11.8. The number of ether oxygens (including phenoxy) is 1. The Balaban J connectivity index is 1.99. The second-order valence-electron chi connectivity index (χ2n) is 3.73. The average Bonchev–Trinajstić information content (AvgIpc) is 2.94. The Morgan fingerprint density at radius 3 is 2.88 bits per heavy atom. The molecule has 17 heavy (non-hydrogen) atoms. The quantitative estimate of drug-likeness (QED) is 0.781. The Hall–Kier alpha value is -1.13. The predicted octanol–water partition coefficient (Wildman–Crippen LogP) is 4.04. The van der Waals surface area contributed by atoms with E-state index in [1.165, 1.54) is 21.8 Å². The number of carbonyl (C=O) groups excluding carboxylic acids is 1. The molecule has 0 bridgehead atoms. The van der Waals surface area contributed by atoms with Gasteiger partial charge in [0.15, 0.2) is 0 Å². The van der Waals surface area contributed by atoms with Crippen molar-refractivity contribution in [2.45, 2.75) is 26.9 Å². The van der Waals surface area contributed by atoms with Gasteiger partial charge in [0.1, 0.15) is 11.5 Å². The van der Waals surface area contributed by atoms with Crippen molar-refractivity contribution in [1.82, 2.24) is 0 Å². The summed E-state index contributed by atoms with van der Waals surface area (Å²) in [6.45, 7) is 4.50. The van der Waals surface area contributed by atoms with E-state index < -0.39 is 0 Å². The van der Waals surface area contributed by atoms with E-state index in [2.05, 4.69) is 6.92 Å². The first kappa shape index (κ1) is 12.3. The summed E-state index contributed by atoms with van der Waals surface area (Å²) in [7, 11) is 0. The molecule has 0 aliphatic rings. The van der Waals surface area contributed by atoms with Gasteiger partial charge in [0.2, 0.25) is 0 Å². The standard InChI is InChI=1S/C13H14O2S2/c1-3-11-9(2)7-12(17-11)13(14)15-8-10-5-4-6-16-10/h4-7H,3,8H2,1-2H3. The number of thiophene rings is 2. The van der Waals surface area contributed by atoms with Crippen LogP contribution in [0.4, 0.5) is 0 Å². The van der Waals surface area contributed by atoms with Crippen molar-refractivity contribution in [3.8, 4) is 0 Å². The maximum absolute atomic E-state index is 11.8. The summed E-state index contributed by atoms with van der Waals surface area (Å²) in [5, 5.41) is 1.98. The lowest BCUT2D eigenvalue weighted by Gasteiger charge is -2.00. The van der Waals surface area contributed by atoms with Crippen LogP contribution in [0.5, 0.6) is 0 Å². The summed E-state index contributed by atoms with van der Waals surface area (Å²) in [4.78, 5) is 14.8. The van der Waals surface area contributed by atoms with Crippen molar-refractivity contribution in [2.75, 3.05) is 0 Å². The van der Waals surface area contributed by atoms with Gasteiger partial charge in [-0.2, -0.15) is 0 Å². The van der Waals surface area contributed by atoms with Crippen LogP contribution in [0.25, 0.3) is 0 Å². The lowest BCUT2D eigenvalue weighted by atomic mass is 10.2. The van der Waals surface area contributed by atoms with Crippen molar-refractivity contribution < 1.29 is 9.53 Å². The van der Waals surface area contributed by atoms with Crippen LogP contribution in [0, 0.1) is 6.92 Å². The molecule has 0 aromatic carbocycles. The van der Waals surface area contributed by atoms with Gasteiger partial charge < -0.3 is 4.74 Å². The highest BCUT2D eigenvalue weighted by Gasteiger charge is 2.13. The average molecular weight is 266 g/mol. The van der Waals surface area contributed by atoms with Crippen LogP contribution in [0.3, 0.4) is 0 Å². The molecule has 0 atom stereocenters. The first-order valence-corrected chi connectivity index (χ1v) is 7.19. The highest BCUT2D eigenvalue weighted by molar-refractivity contribution is 7.14. The Morgan fingerprint density at radius 2 is 2.29 bits per heavy atom. The number of carbonyl (C=O) groups is 1. The lowest BCUT2D eigenvalue weighted by molar-refractivity contribution is 0.0482. The van der Waals surface area contributed by atoms with Crippen molar-refractivity contribution in [1.29, 1.82) is 0 Å². The summed E-state index contributed by atoms with van der Waals surface area (Å²) in [5.74, 6) is -0.216. The molecule has 0 aliphatic carbocycles. The molecule has 2 aromatic rings. The summed E-state index contributed by atoms with van der Waals surface area (Å²) >= 11 is 3.13. The Labute approximate surface area is 109 Å². The lowest BCUT2D eigenvalue weighted by Crippen LogP contribution is -2.01. The summed E-state index contributed by atoms with van der Waals surface area (Å²) in [6.07, 6.45) is 0.967. The number of rotatable bonds is 4. The van der Waals surface area contributed by atoms with Crippen molar-refractivity contribution in [2.24, 2.45) is 0 Å². The van der Waals surface area contributed by atoms with Gasteiger partial charge >= 0.3 is 5.97 Å². The smallest absolute Gasteiger partial charge is 0.348 e. The van der Waals surface area contributed by atoms with Gasteiger partial charge in [-0.3, -0.25) is 0 Å². The molecule has 2 rings (SSSR count). The second-order valence-corrected chi connectivity index (χ2v) is 5.89. The van der Waals surface area contributed by atoms with E-state index in [0.717, 1.165) is 11.3 Å². The van der Waals surface area contributed by atoms with Crippen LogP contribution >= 0.6 is 22.7 Å². The molecule has 0 spiro atoms. The van der Waals surface area contributed by atoms with E-state index in [4.69, 9.17) is 4.74 Å². The monoisotopic (exact) mass is 266 g/mol. The fourth-order valence-electron chi connectivity index (χ4n) is 1.57. The molecule has 2 heterocycles. The molecule has 0 unspecified atom stereocenters. The molecule has 0 amide bonds. The minimum Gasteiger partial charge on any atom is -0.456 e. The van der Waals surface area contributed by atoms with E-state index >= 15 is 0 Å². The minimum atomic E-state index is -0.216. The zero-order valence-corrected chi connectivity index (χ0v) is 11.5. The third-order valence-corrected chi connectivity index (χ3v) is 4.68. The first-order valence-electron chi connectivity index (χ1n) is 5.49. The molecule has 2 nitrogen and oxygen atoms in total. The molecule has 2 aromatic heterocycles. The van der Waals surface area contributed by atoms with Crippen molar-refractivity contribution in [3.05, 3.63) is 43.8 Å². The summed E-state index contributed by atoms with van der Waals surface area (Å²) in [5.41, 5.74) is 1.18. The molecule has 90 valence electrons. The van der Waals surface area contributed by atoms with E-state index in [1.807, 2.05) is 30.5 Å². The topological polar surface area (TPSA) is 26.3 Å². The Morgan fingerprint density at radius 1 is 1.47 bits per heavy atom. The molecule has 0 radical (unpaired) electrons. The molecule has 0 N–H and O–H groups in total. The van der Waals surface area contributed by atoms with Crippen LogP contribution in [0.2, 0.25) is 0 Å². The van der Waals surface area contributed by atoms with E-state index in [1.54, 1.807) is 11.3 Å². The molecular formula is C13H14O2S2. The van der Waals surface area contributed by atoms with Crippen LogP contribution in [-0.4, -0.2) is 5.97 Å². The fourth-order valence-corrected chi connectivity index (χ4v) is 3.20. The molecule has 0 saturated heterocycles. The van der Waals surface area contributed by atoms with Crippen molar-refractivity contribution >= 4 is 28.6 Å². The first-order chi connectivity index (χ1) is 8.20. The normalized spacial score (nSPS) is 10.5. The van der Waals surface area contributed by atoms with Crippen LogP contribution in [-0.2, 0) is 17.8 Å². The number of esters is 1. The van der Waals surface area contributed by atoms with E-state index in [0.29, 0.717) is 11.5 Å². The van der Waals surface area contributed by atoms with Gasteiger partial charge in [-0.1, -0.05) is 13.0 Å². The zero-order valence-electron chi connectivity index (χ0n) is 9.86. The predicted molar refractivity (Wildman–Crippen MR) is 71.9 cm³/mol. The fraction of sp³-hybridized carbons (Fsp3) is 0.308. The van der Waals surface area contributed by atoms with Crippen LogP contribution in [0.15, 0.2) is 23.6 Å². The van der Waals surface area contributed by atoms with Gasteiger partial charge in [-0.25, -0.2) is 4.79 Å². The number of aryl methyl sites for hydroxylation is 2. The van der Waals surface area contributed by atoms with Gasteiger partial charge in [0, 0.05) is 9.75 Å². The Bertz CT molecular complexity index is 497. The van der Waals surface area contributed by atoms with E-state index in [9.17, 15) is 4.79 Å². The minimum absolute atomic E-state index is 0.216. The summed E-state index contributed by atoms with van der Waals surface area (Å²) in [6, 6.07) is 5.84. The zero-order chi connectivity index (χ0) is 12.3. The molecule has 4 heteroatoms. The molecule has 0 saturated carbocycles. The highest BCUT2D eigenvalue weighted by Crippen LogP contribution is 2.23.